The van der Waals surface area contributed by atoms with Crippen LogP contribution in [-0.4, -0.2) is 120 Å². The molecule has 1 aromatic heterocycles. The van der Waals surface area contributed by atoms with Crippen molar-refractivity contribution in [3.05, 3.63) is 65.0 Å². The number of rotatable bonds is 35. The van der Waals surface area contributed by atoms with Gasteiger partial charge in [-0.3, -0.25) is 19.3 Å². The van der Waals surface area contributed by atoms with Gasteiger partial charge in [0.15, 0.2) is 6.54 Å². The molecule has 6 rings (SSSR count). The quantitative estimate of drug-likeness (QED) is 0.0328. The molecule has 0 radical (unpaired) electrons. The van der Waals surface area contributed by atoms with Crippen LogP contribution in [0, 0.1) is 17.8 Å². The van der Waals surface area contributed by atoms with Crippen molar-refractivity contribution in [1.29, 1.82) is 0 Å². The Morgan fingerprint density at radius 1 is 0.827 bits per heavy atom. The van der Waals surface area contributed by atoms with Gasteiger partial charge in [0.2, 0.25) is 5.91 Å². The molecule has 0 bridgehead atoms. The largest absolute Gasteiger partial charge is 0.573 e. The van der Waals surface area contributed by atoms with E-state index in [4.69, 9.17) is 10.5 Å². The van der Waals surface area contributed by atoms with Gasteiger partial charge in [0.25, 0.3) is 5.91 Å². The van der Waals surface area contributed by atoms with Crippen molar-refractivity contribution in [3.63, 3.8) is 0 Å². The number of aliphatic carboxylic acids is 1. The normalized spacial score (nSPS) is 17.2. The summed E-state index contributed by atoms with van der Waals surface area (Å²) in [4.78, 5) is 38.4. The Bertz CT molecular complexity index is 2210. The number of nitrogens with zero attached hydrogens (tertiary/aromatic N) is 5. The Balaban J connectivity index is 0.800. The molecule has 1 saturated heterocycles. The van der Waals surface area contributed by atoms with E-state index in [2.05, 4.69) is 48.8 Å². The molecule has 75 heavy (non-hydrogen) atoms. The van der Waals surface area contributed by atoms with E-state index in [1.165, 1.54) is 76.7 Å². The van der Waals surface area contributed by atoms with Gasteiger partial charge in [0.05, 0.1) is 44.1 Å². The number of aryl methyl sites for hydroxylation is 2. The maximum Gasteiger partial charge on any atom is 0.573 e. The van der Waals surface area contributed by atoms with Crippen molar-refractivity contribution in [1.82, 2.24) is 30.5 Å². The Kier molecular flexibility index (Phi) is 24.0. The molecule has 2 amide bonds. The first-order chi connectivity index (χ1) is 36.1. The van der Waals surface area contributed by atoms with Crippen LogP contribution >= 0.6 is 0 Å². The average Bonchev–Trinajstić information content (AvgIpc) is 4.10. The second-order valence-corrected chi connectivity index (χ2v) is 22.6. The third kappa shape index (κ3) is 21.0. The van der Waals surface area contributed by atoms with Crippen molar-refractivity contribution in [2.45, 2.75) is 186 Å². The summed E-state index contributed by atoms with van der Waals surface area (Å²) in [7, 11) is 4.05. The van der Waals surface area contributed by atoms with Gasteiger partial charge < -0.3 is 35.4 Å². The number of carboxylic acids is 1. The van der Waals surface area contributed by atoms with Crippen molar-refractivity contribution in [2.24, 2.45) is 23.5 Å². The van der Waals surface area contributed by atoms with Crippen LogP contribution in [0.3, 0.4) is 0 Å². The average molecular weight is 1050 g/mol. The highest BCUT2D eigenvalue weighted by molar-refractivity contribution is 5.77. The number of aromatic nitrogens is 3. The SMILES string of the molecule is C[C@H](C(=O)O)[C@H](c1ccc2c(c1)O[C@@H](C1CCN(Cc3cc(-n4cc(CCCCCCCCCCCCCCCCCC(=O)NCCC[N+](C)(C)CC(=O)NCCN)nn4)ccc3OC(F)(F)F)CC1)CC2)C1CC1. The summed E-state index contributed by atoms with van der Waals surface area (Å²) in [6, 6.07) is 11.0. The fourth-order valence-electron chi connectivity index (χ4n) is 11.3. The highest BCUT2D eigenvalue weighted by Gasteiger charge is 2.40. The number of quaternary nitrogens is 1. The number of likely N-dealkylation sites (N-methyl/N-ethyl adjacent to an activating group) is 1. The van der Waals surface area contributed by atoms with E-state index in [0.717, 1.165) is 119 Å². The number of ether oxygens (including phenoxy) is 2. The number of amides is 2. The molecular formula is C58H90F3N8O6+. The molecule has 5 N–H and O–H groups in total. The van der Waals surface area contributed by atoms with Gasteiger partial charge in [-0.15, -0.1) is 18.3 Å². The molecule has 3 atom stereocenters. The van der Waals surface area contributed by atoms with Crippen LogP contribution in [0.2, 0.25) is 0 Å². The number of fused-ring (bicyclic) bond motifs is 1. The molecule has 1 aliphatic carbocycles. The van der Waals surface area contributed by atoms with Crippen LogP contribution in [-0.2, 0) is 33.8 Å². The first-order valence-electron chi connectivity index (χ1n) is 28.7. The van der Waals surface area contributed by atoms with Gasteiger partial charge >= 0.3 is 12.3 Å². The van der Waals surface area contributed by atoms with Gasteiger partial charge in [-0.1, -0.05) is 108 Å². The Morgan fingerprint density at radius 3 is 2.09 bits per heavy atom. The minimum absolute atomic E-state index is 0.00375. The van der Waals surface area contributed by atoms with Crippen LogP contribution in [0.25, 0.3) is 5.69 Å². The van der Waals surface area contributed by atoms with Crippen LogP contribution in [0.4, 0.5) is 13.2 Å². The van der Waals surface area contributed by atoms with Crippen LogP contribution in [0.15, 0.2) is 42.6 Å². The number of unbranched alkanes of at least 4 members (excludes halogenated alkanes) is 14. The molecule has 418 valence electrons. The second kappa shape index (κ2) is 30.3. The summed E-state index contributed by atoms with van der Waals surface area (Å²) in [6.45, 7) is 6.34. The number of piperidine rings is 1. The molecule has 3 heterocycles. The monoisotopic (exact) mass is 1050 g/mol. The number of nitrogens with one attached hydrogen (secondary N) is 2. The number of carboxylic acid groups (broad SMARTS) is 1. The molecule has 0 spiro atoms. The maximum absolute atomic E-state index is 13.6. The van der Waals surface area contributed by atoms with E-state index in [0.29, 0.717) is 66.7 Å². The number of hydrogen-bond acceptors (Lipinski definition) is 9. The predicted molar refractivity (Wildman–Crippen MR) is 287 cm³/mol. The number of likely N-dealkylation sites (tertiary alicyclic amines) is 1. The summed E-state index contributed by atoms with van der Waals surface area (Å²) in [5, 5.41) is 24.4. The van der Waals surface area contributed by atoms with E-state index in [-0.39, 0.29) is 29.6 Å². The zero-order valence-corrected chi connectivity index (χ0v) is 45.5. The van der Waals surface area contributed by atoms with Crippen molar-refractivity contribution >= 4 is 17.8 Å². The highest BCUT2D eigenvalue weighted by Crippen LogP contribution is 2.48. The predicted octanol–water partition coefficient (Wildman–Crippen LogP) is 10.4. The summed E-state index contributed by atoms with van der Waals surface area (Å²) < 4.78 is 54.2. The molecule has 17 heteroatoms. The third-order valence-corrected chi connectivity index (χ3v) is 15.8. The number of halogens is 3. The highest BCUT2D eigenvalue weighted by atomic mass is 19.4. The van der Waals surface area contributed by atoms with Gasteiger partial charge in [0.1, 0.15) is 17.6 Å². The van der Waals surface area contributed by atoms with E-state index >= 15 is 0 Å². The lowest BCUT2D eigenvalue weighted by atomic mass is 9.81. The van der Waals surface area contributed by atoms with Gasteiger partial charge in [-0.25, -0.2) is 4.68 Å². The number of alkyl halides is 3. The number of carbonyl (C=O) groups excluding carboxylic acids is 2. The van der Waals surface area contributed by atoms with Crippen LogP contribution in [0.5, 0.6) is 11.5 Å². The number of hydrogen-bond donors (Lipinski definition) is 4. The van der Waals surface area contributed by atoms with Crippen LogP contribution < -0.4 is 25.8 Å². The lowest BCUT2D eigenvalue weighted by Crippen LogP contribution is -2.49. The van der Waals surface area contributed by atoms with Gasteiger partial charge in [-0.05, 0) is 124 Å². The zero-order valence-electron chi connectivity index (χ0n) is 45.5. The Hall–Kier alpha value is -4.74. The molecule has 14 nitrogen and oxygen atoms in total. The van der Waals surface area contributed by atoms with Crippen molar-refractivity contribution in [3.8, 4) is 17.2 Å². The Labute approximate surface area is 445 Å². The first kappa shape index (κ1) is 59.5. The van der Waals surface area contributed by atoms with Crippen LogP contribution in [0.1, 0.15) is 176 Å². The number of benzene rings is 2. The zero-order chi connectivity index (χ0) is 53.6. The summed E-state index contributed by atoms with van der Waals surface area (Å²) in [6.07, 6.45) is 22.9. The summed E-state index contributed by atoms with van der Waals surface area (Å²) in [5.74, 6) is 0.248. The maximum atomic E-state index is 13.6. The van der Waals surface area contributed by atoms with E-state index in [9.17, 15) is 32.7 Å². The molecule has 3 aromatic rings. The lowest BCUT2D eigenvalue weighted by Gasteiger charge is -2.38. The standard InChI is InChI=1S/C58H89F3N8O6/c1-43(57(72)73)56(46-23-24-46)47-25-22-44-26-28-51(74-53(44)39-47)45-30-35-67(36-31-45)40-48-38-50(27-29-52(48)75-58(59,60)61)68-41-49(65-66-68)20-17-15-13-11-9-7-5-4-6-8-10-12-14-16-18-21-54(70)63-33-19-37-69(2,3)42-55(71)64-34-32-62/h22,25,27,29,38-39,41,43,45-46,51,56H,4-21,23-24,26,28,30-37,40,42,62H2,1-3H3,(H2-,63,64,70,71,72,73)/p+1/t43-,51+,56-/m0/s1. The lowest BCUT2D eigenvalue weighted by molar-refractivity contribution is -0.882. The minimum atomic E-state index is -4.82. The molecule has 2 fully saturated rings. The molecule has 0 unspecified atom stereocenters. The molecule has 1 saturated carbocycles. The van der Waals surface area contributed by atoms with Gasteiger partial charge in [-0.2, -0.15) is 0 Å². The number of nitrogens with two attached hydrogens (primary N) is 1. The third-order valence-electron chi connectivity index (χ3n) is 15.8. The van der Waals surface area contributed by atoms with Crippen molar-refractivity contribution < 1.29 is 46.6 Å². The minimum Gasteiger partial charge on any atom is -0.490 e. The fraction of sp³-hybridized carbons (Fsp3) is 0.707. The van der Waals surface area contributed by atoms with E-state index in [1.807, 2.05) is 20.3 Å². The smallest absolute Gasteiger partial charge is 0.490 e. The van der Waals surface area contributed by atoms with Crippen molar-refractivity contribution in [2.75, 3.05) is 59.9 Å². The molecular weight excluding hydrogens is 962 g/mol. The molecule has 2 aromatic carbocycles. The fourth-order valence-corrected chi connectivity index (χ4v) is 11.3. The van der Waals surface area contributed by atoms with E-state index < -0.39 is 18.2 Å². The summed E-state index contributed by atoms with van der Waals surface area (Å²) in [5.41, 5.74) is 9.62. The first-order valence-corrected chi connectivity index (χ1v) is 28.7. The molecule has 3 aliphatic rings. The summed E-state index contributed by atoms with van der Waals surface area (Å²) >= 11 is 0. The number of carbonyl (C=O) groups is 3. The Morgan fingerprint density at radius 2 is 1.47 bits per heavy atom. The molecule has 2 aliphatic heterocycles. The van der Waals surface area contributed by atoms with E-state index in [1.54, 1.807) is 23.7 Å². The van der Waals surface area contributed by atoms with Gasteiger partial charge in [0, 0.05) is 44.6 Å². The second-order valence-electron chi connectivity index (χ2n) is 22.6. The topological polar surface area (TPSA) is 174 Å².